The van der Waals surface area contributed by atoms with E-state index in [9.17, 15) is 14.7 Å². The second-order valence-electron chi connectivity index (χ2n) is 4.92. The monoisotopic (exact) mass is 274 g/mol. The van der Waals surface area contributed by atoms with Gasteiger partial charge in [0.1, 0.15) is 6.04 Å². The van der Waals surface area contributed by atoms with Crippen molar-refractivity contribution in [1.82, 2.24) is 4.90 Å². The Morgan fingerprint density at radius 1 is 1.45 bits per heavy atom. The van der Waals surface area contributed by atoms with Crippen LogP contribution in [-0.4, -0.2) is 34.0 Å². The normalized spacial score (nSPS) is 19.1. The quantitative estimate of drug-likeness (QED) is 0.800. The van der Waals surface area contributed by atoms with Crippen molar-refractivity contribution >= 4 is 11.9 Å². The van der Waals surface area contributed by atoms with Gasteiger partial charge in [-0.1, -0.05) is 30.3 Å². The lowest BCUT2D eigenvalue weighted by molar-refractivity contribution is -0.151. The van der Waals surface area contributed by atoms with E-state index in [-0.39, 0.29) is 12.5 Å². The van der Waals surface area contributed by atoms with Crippen molar-refractivity contribution in [3.05, 3.63) is 48.0 Å². The Bertz CT molecular complexity index is 542. The van der Waals surface area contributed by atoms with Crippen molar-refractivity contribution in [1.29, 1.82) is 0 Å². The first-order valence-corrected chi connectivity index (χ1v) is 6.51. The molecule has 1 heterocycles. The SMILES string of the molecule is C=CCC(N)C(=O)N1Cc2ccccc2CC1C(=O)O. The Morgan fingerprint density at radius 3 is 2.70 bits per heavy atom. The molecule has 1 amide bonds. The fourth-order valence-corrected chi connectivity index (χ4v) is 2.47. The van der Waals surface area contributed by atoms with Crippen LogP contribution < -0.4 is 5.73 Å². The van der Waals surface area contributed by atoms with E-state index in [1.165, 1.54) is 4.90 Å². The number of hydrogen-bond donors (Lipinski definition) is 2. The third-order valence-electron chi connectivity index (χ3n) is 3.55. The molecule has 2 atom stereocenters. The molecule has 0 aliphatic carbocycles. The van der Waals surface area contributed by atoms with Crippen LogP contribution in [-0.2, 0) is 22.6 Å². The van der Waals surface area contributed by atoms with Crippen molar-refractivity contribution < 1.29 is 14.7 Å². The van der Waals surface area contributed by atoms with E-state index in [0.29, 0.717) is 12.8 Å². The van der Waals surface area contributed by atoms with E-state index in [2.05, 4.69) is 6.58 Å². The standard InChI is InChI=1S/C15H18N2O3/c1-2-5-12(16)14(18)17-9-11-7-4-3-6-10(11)8-13(17)15(19)20/h2-4,6-7,12-13H,1,5,8-9,16H2,(H,19,20). The maximum Gasteiger partial charge on any atom is 0.326 e. The van der Waals surface area contributed by atoms with E-state index in [1.54, 1.807) is 6.08 Å². The molecule has 1 aliphatic heterocycles. The van der Waals surface area contributed by atoms with Crippen molar-refractivity contribution in [3.8, 4) is 0 Å². The van der Waals surface area contributed by atoms with Crippen molar-refractivity contribution in [3.63, 3.8) is 0 Å². The molecule has 0 radical (unpaired) electrons. The van der Waals surface area contributed by atoms with Crippen molar-refractivity contribution in [2.45, 2.75) is 31.5 Å². The van der Waals surface area contributed by atoms with Gasteiger partial charge in [-0.3, -0.25) is 4.79 Å². The van der Waals surface area contributed by atoms with Crippen LogP contribution in [0.1, 0.15) is 17.5 Å². The van der Waals surface area contributed by atoms with Crippen LogP contribution >= 0.6 is 0 Å². The molecule has 0 aromatic heterocycles. The molecule has 2 unspecified atom stereocenters. The van der Waals surface area contributed by atoms with E-state index >= 15 is 0 Å². The maximum absolute atomic E-state index is 12.3. The van der Waals surface area contributed by atoms with Crippen LogP contribution in [0.3, 0.4) is 0 Å². The molecule has 1 aliphatic rings. The number of hydrogen-bond acceptors (Lipinski definition) is 3. The van der Waals surface area contributed by atoms with Crippen LogP contribution in [0.25, 0.3) is 0 Å². The average molecular weight is 274 g/mol. The van der Waals surface area contributed by atoms with Gasteiger partial charge in [-0.05, 0) is 17.5 Å². The maximum atomic E-state index is 12.3. The number of nitrogens with two attached hydrogens (primary N) is 1. The second kappa shape index (κ2) is 5.88. The molecular weight excluding hydrogens is 256 g/mol. The van der Waals surface area contributed by atoms with Gasteiger partial charge in [0.15, 0.2) is 0 Å². The number of aliphatic carboxylic acids is 1. The van der Waals surface area contributed by atoms with Crippen molar-refractivity contribution in [2.24, 2.45) is 5.73 Å². The lowest BCUT2D eigenvalue weighted by Crippen LogP contribution is -2.53. The third kappa shape index (κ3) is 2.72. The van der Waals surface area contributed by atoms with Gasteiger partial charge in [-0.25, -0.2) is 4.79 Å². The molecular formula is C15H18N2O3. The molecule has 2 rings (SSSR count). The van der Waals surface area contributed by atoms with Crippen LogP contribution in [0.5, 0.6) is 0 Å². The van der Waals surface area contributed by atoms with E-state index in [1.807, 2.05) is 24.3 Å². The summed E-state index contributed by atoms with van der Waals surface area (Å²) < 4.78 is 0. The number of nitrogens with zero attached hydrogens (tertiary/aromatic N) is 1. The Balaban J connectivity index is 2.28. The van der Waals surface area contributed by atoms with Gasteiger partial charge in [-0.15, -0.1) is 6.58 Å². The minimum atomic E-state index is -1.00. The second-order valence-corrected chi connectivity index (χ2v) is 4.92. The van der Waals surface area contributed by atoms with Gasteiger partial charge in [0, 0.05) is 13.0 Å². The predicted molar refractivity (Wildman–Crippen MR) is 74.9 cm³/mol. The number of benzene rings is 1. The van der Waals surface area contributed by atoms with Crippen molar-refractivity contribution in [2.75, 3.05) is 0 Å². The molecule has 106 valence electrons. The van der Waals surface area contributed by atoms with Crippen LogP contribution in [0.4, 0.5) is 0 Å². The van der Waals surface area contributed by atoms with Gasteiger partial charge in [0.2, 0.25) is 5.91 Å². The number of carbonyl (C=O) groups is 2. The summed E-state index contributed by atoms with van der Waals surface area (Å²) in [5, 5.41) is 9.34. The van der Waals surface area contributed by atoms with E-state index in [0.717, 1.165) is 11.1 Å². The summed E-state index contributed by atoms with van der Waals surface area (Å²) in [5.41, 5.74) is 7.73. The number of rotatable bonds is 4. The molecule has 5 heteroatoms. The molecule has 1 aromatic rings. The highest BCUT2D eigenvalue weighted by molar-refractivity contribution is 5.87. The minimum Gasteiger partial charge on any atom is -0.480 e. The number of fused-ring (bicyclic) bond motifs is 1. The Labute approximate surface area is 117 Å². The van der Waals surface area contributed by atoms with Gasteiger partial charge >= 0.3 is 5.97 Å². The molecule has 0 spiro atoms. The minimum absolute atomic E-state index is 0.289. The summed E-state index contributed by atoms with van der Waals surface area (Å²) in [6, 6.07) is 5.97. The molecule has 0 bridgehead atoms. The fourth-order valence-electron chi connectivity index (χ4n) is 2.47. The third-order valence-corrected chi connectivity index (χ3v) is 3.55. The highest BCUT2D eigenvalue weighted by Crippen LogP contribution is 2.24. The average Bonchev–Trinajstić information content (AvgIpc) is 2.45. The summed E-state index contributed by atoms with van der Waals surface area (Å²) >= 11 is 0. The predicted octanol–water partition coefficient (Wildman–Crippen LogP) is 0.928. The zero-order chi connectivity index (χ0) is 14.7. The summed E-state index contributed by atoms with van der Waals surface area (Å²) in [6.07, 6.45) is 2.22. The summed E-state index contributed by atoms with van der Waals surface area (Å²) in [7, 11) is 0. The number of carboxylic acid groups (broad SMARTS) is 1. The Hall–Kier alpha value is -2.14. The van der Waals surface area contributed by atoms with Crippen LogP contribution in [0.2, 0.25) is 0 Å². The summed E-state index contributed by atoms with van der Waals surface area (Å²) in [5.74, 6) is -1.34. The Kier molecular flexibility index (Phi) is 4.20. The zero-order valence-corrected chi connectivity index (χ0v) is 11.2. The summed E-state index contributed by atoms with van der Waals surface area (Å²) in [6.45, 7) is 3.84. The molecule has 0 saturated heterocycles. The molecule has 20 heavy (non-hydrogen) atoms. The molecule has 1 aromatic carbocycles. The van der Waals surface area contributed by atoms with E-state index in [4.69, 9.17) is 5.73 Å². The Morgan fingerprint density at radius 2 is 2.10 bits per heavy atom. The van der Waals surface area contributed by atoms with Crippen LogP contribution in [0, 0.1) is 0 Å². The van der Waals surface area contributed by atoms with Crippen LogP contribution in [0.15, 0.2) is 36.9 Å². The fraction of sp³-hybridized carbons (Fsp3) is 0.333. The van der Waals surface area contributed by atoms with E-state index < -0.39 is 18.1 Å². The number of amides is 1. The van der Waals surface area contributed by atoms with Gasteiger partial charge in [0.25, 0.3) is 0 Å². The molecule has 3 N–H and O–H groups in total. The molecule has 0 fully saturated rings. The smallest absolute Gasteiger partial charge is 0.326 e. The van der Waals surface area contributed by atoms with Gasteiger partial charge in [0.05, 0.1) is 6.04 Å². The first-order chi connectivity index (χ1) is 9.54. The first kappa shape index (κ1) is 14.3. The zero-order valence-electron chi connectivity index (χ0n) is 11.2. The first-order valence-electron chi connectivity index (χ1n) is 6.51. The highest BCUT2D eigenvalue weighted by atomic mass is 16.4. The lowest BCUT2D eigenvalue weighted by atomic mass is 9.93. The largest absolute Gasteiger partial charge is 0.480 e. The van der Waals surface area contributed by atoms with Gasteiger partial charge < -0.3 is 15.7 Å². The highest BCUT2D eigenvalue weighted by Gasteiger charge is 2.35. The molecule has 0 saturated carbocycles. The summed E-state index contributed by atoms with van der Waals surface area (Å²) in [4.78, 5) is 25.1. The topological polar surface area (TPSA) is 83.6 Å². The molecule has 5 nitrogen and oxygen atoms in total. The number of carbonyl (C=O) groups excluding carboxylic acids is 1. The van der Waals surface area contributed by atoms with Gasteiger partial charge in [-0.2, -0.15) is 0 Å². The number of carboxylic acids is 1. The lowest BCUT2D eigenvalue weighted by Gasteiger charge is -2.35.